The Kier molecular flexibility index (Phi) is 3.30. The molecule has 0 heterocycles. The summed E-state index contributed by atoms with van der Waals surface area (Å²) >= 11 is 0. The lowest BCUT2D eigenvalue weighted by molar-refractivity contribution is 0.268. The van der Waals surface area contributed by atoms with Gasteiger partial charge in [0.05, 0.1) is 0 Å². The van der Waals surface area contributed by atoms with Gasteiger partial charge < -0.3 is 17.2 Å². The van der Waals surface area contributed by atoms with E-state index in [1.54, 1.807) is 0 Å². The number of nitrogens with two attached hydrogens (primary N) is 3. The molecule has 1 aliphatic carbocycles. The first-order chi connectivity index (χ1) is 5.24. The first-order valence-electron chi connectivity index (χ1n) is 4.45. The molecule has 0 aromatic rings. The van der Waals surface area contributed by atoms with E-state index in [0.29, 0.717) is 18.0 Å². The van der Waals surface area contributed by atoms with E-state index in [4.69, 9.17) is 17.2 Å². The molecule has 0 aromatic carbocycles. The Hall–Kier alpha value is -0.120. The van der Waals surface area contributed by atoms with Gasteiger partial charge in [0.15, 0.2) is 0 Å². The van der Waals surface area contributed by atoms with Crippen LogP contribution in [0.1, 0.15) is 25.7 Å². The minimum absolute atomic E-state index is 0.346. The van der Waals surface area contributed by atoms with Crippen molar-refractivity contribution in [3.05, 3.63) is 0 Å². The molecule has 0 bridgehead atoms. The Morgan fingerprint density at radius 2 is 1.91 bits per heavy atom. The van der Waals surface area contributed by atoms with E-state index < -0.39 is 0 Å². The molecule has 0 aliphatic heterocycles. The fourth-order valence-corrected chi connectivity index (χ4v) is 1.87. The number of rotatable bonds is 2. The SMILES string of the molecule is NCCC1CC(N)CCC1N. The number of hydrogen-bond acceptors (Lipinski definition) is 3. The van der Waals surface area contributed by atoms with Crippen molar-refractivity contribution in [2.75, 3.05) is 6.54 Å². The molecular weight excluding hydrogens is 138 g/mol. The summed E-state index contributed by atoms with van der Waals surface area (Å²) in [5.74, 6) is 0.573. The molecule has 3 atom stereocenters. The van der Waals surface area contributed by atoms with Gasteiger partial charge in [0.25, 0.3) is 0 Å². The van der Waals surface area contributed by atoms with E-state index in [1.807, 2.05) is 0 Å². The number of hydrogen-bond donors (Lipinski definition) is 3. The van der Waals surface area contributed by atoms with Gasteiger partial charge in [-0.15, -0.1) is 0 Å². The Morgan fingerprint density at radius 1 is 1.18 bits per heavy atom. The second kappa shape index (κ2) is 4.04. The monoisotopic (exact) mass is 157 g/mol. The highest BCUT2D eigenvalue weighted by molar-refractivity contribution is 4.84. The summed E-state index contributed by atoms with van der Waals surface area (Å²) in [6.07, 6.45) is 4.27. The Morgan fingerprint density at radius 3 is 2.55 bits per heavy atom. The van der Waals surface area contributed by atoms with Crippen LogP contribution in [0.25, 0.3) is 0 Å². The first kappa shape index (κ1) is 8.97. The van der Waals surface area contributed by atoms with Crippen molar-refractivity contribution < 1.29 is 0 Å². The third kappa shape index (κ3) is 2.43. The van der Waals surface area contributed by atoms with Crippen LogP contribution in [-0.4, -0.2) is 18.6 Å². The quantitative estimate of drug-likeness (QED) is 0.519. The van der Waals surface area contributed by atoms with Gasteiger partial charge in [-0.3, -0.25) is 0 Å². The normalized spacial score (nSPS) is 39.0. The van der Waals surface area contributed by atoms with Crippen molar-refractivity contribution in [2.45, 2.75) is 37.8 Å². The molecule has 6 N–H and O–H groups in total. The molecule has 1 aliphatic rings. The maximum absolute atomic E-state index is 5.92. The van der Waals surface area contributed by atoms with Crippen LogP contribution in [0.4, 0.5) is 0 Å². The molecule has 3 heteroatoms. The zero-order valence-electron chi connectivity index (χ0n) is 7.00. The van der Waals surface area contributed by atoms with Gasteiger partial charge in [0, 0.05) is 12.1 Å². The Labute approximate surface area is 68.3 Å². The second-order valence-electron chi connectivity index (χ2n) is 3.57. The van der Waals surface area contributed by atoms with Gasteiger partial charge >= 0.3 is 0 Å². The van der Waals surface area contributed by atoms with Gasteiger partial charge in [-0.05, 0) is 38.1 Å². The van der Waals surface area contributed by atoms with Crippen LogP contribution in [0.5, 0.6) is 0 Å². The summed E-state index contributed by atoms with van der Waals surface area (Å²) in [4.78, 5) is 0. The van der Waals surface area contributed by atoms with Gasteiger partial charge in [0.2, 0.25) is 0 Å². The summed E-state index contributed by atoms with van der Waals surface area (Å²) in [6.45, 7) is 0.741. The van der Waals surface area contributed by atoms with Crippen molar-refractivity contribution in [3.63, 3.8) is 0 Å². The molecule has 11 heavy (non-hydrogen) atoms. The minimum atomic E-state index is 0.346. The van der Waals surface area contributed by atoms with Gasteiger partial charge in [0.1, 0.15) is 0 Å². The summed E-state index contributed by atoms with van der Waals surface area (Å²) in [5.41, 5.74) is 17.2. The molecule has 1 rings (SSSR count). The third-order valence-corrected chi connectivity index (χ3v) is 2.62. The van der Waals surface area contributed by atoms with E-state index in [2.05, 4.69) is 0 Å². The lowest BCUT2D eigenvalue weighted by atomic mass is 9.80. The average molecular weight is 157 g/mol. The van der Waals surface area contributed by atoms with E-state index in [1.165, 1.54) is 0 Å². The molecule has 1 fully saturated rings. The predicted molar refractivity (Wildman–Crippen MR) is 47.0 cm³/mol. The van der Waals surface area contributed by atoms with Crippen LogP contribution >= 0.6 is 0 Å². The van der Waals surface area contributed by atoms with Crippen LogP contribution in [-0.2, 0) is 0 Å². The average Bonchev–Trinajstić information content (AvgIpc) is 1.98. The molecule has 0 radical (unpaired) electrons. The molecule has 66 valence electrons. The van der Waals surface area contributed by atoms with Crippen LogP contribution in [0.2, 0.25) is 0 Å². The summed E-state index contributed by atoms with van der Waals surface area (Å²) in [7, 11) is 0. The third-order valence-electron chi connectivity index (χ3n) is 2.62. The van der Waals surface area contributed by atoms with Gasteiger partial charge in [-0.2, -0.15) is 0 Å². The first-order valence-corrected chi connectivity index (χ1v) is 4.45. The molecule has 0 aromatic heterocycles. The summed E-state index contributed by atoms with van der Waals surface area (Å²) < 4.78 is 0. The maximum atomic E-state index is 5.92. The van der Waals surface area contributed by atoms with Crippen molar-refractivity contribution >= 4 is 0 Å². The largest absolute Gasteiger partial charge is 0.330 e. The lowest BCUT2D eigenvalue weighted by Crippen LogP contribution is -2.41. The van der Waals surface area contributed by atoms with Gasteiger partial charge in [-0.1, -0.05) is 0 Å². The predicted octanol–water partition coefficient (Wildman–Crippen LogP) is -0.210. The van der Waals surface area contributed by atoms with Crippen molar-refractivity contribution in [1.82, 2.24) is 0 Å². The zero-order chi connectivity index (χ0) is 8.27. The van der Waals surface area contributed by atoms with Crippen LogP contribution < -0.4 is 17.2 Å². The molecule has 3 unspecified atom stereocenters. The van der Waals surface area contributed by atoms with E-state index in [-0.39, 0.29) is 0 Å². The van der Waals surface area contributed by atoms with E-state index in [0.717, 1.165) is 32.2 Å². The molecule has 0 saturated heterocycles. The Balaban J connectivity index is 2.34. The second-order valence-corrected chi connectivity index (χ2v) is 3.57. The molecule has 0 amide bonds. The standard InChI is InChI=1S/C8H19N3/c9-4-3-6-5-7(10)1-2-8(6)11/h6-8H,1-5,9-11H2. The van der Waals surface area contributed by atoms with Gasteiger partial charge in [-0.25, -0.2) is 0 Å². The highest BCUT2D eigenvalue weighted by Crippen LogP contribution is 2.24. The Bertz CT molecular complexity index is 116. The highest BCUT2D eigenvalue weighted by atomic mass is 14.7. The lowest BCUT2D eigenvalue weighted by Gasteiger charge is -2.32. The fourth-order valence-electron chi connectivity index (χ4n) is 1.87. The van der Waals surface area contributed by atoms with Crippen LogP contribution in [0.3, 0.4) is 0 Å². The molecule has 0 spiro atoms. The summed E-state index contributed by atoms with van der Waals surface area (Å²) in [6, 6.07) is 0.713. The molecule has 1 saturated carbocycles. The fraction of sp³-hybridized carbons (Fsp3) is 1.00. The zero-order valence-corrected chi connectivity index (χ0v) is 7.00. The van der Waals surface area contributed by atoms with E-state index >= 15 is 0 Å². The van der Waals surface area contributed by atoms with Crippen LogP contribution in [0.15, 0.2) is 0 Å². The molecule has 3 nitrogen and oxygen atoms in total. The maximum Gasteiger partial charge on any atom is 0.00687 e. The van der Waals surface area contributed by atoms with Crippen molar-refractivity contribution in [3.8, 4) is 0 Å². The topological polar surface area (TPSA) is 78.1 Å². The van der Waals surface area contributed by atoms with E-state index in [9.17, 15) is 0 Å². The minimum Gasteiger partial charge on any atom is -0.330 e. The van der Waals surface area contributed by atoms with Crippen molar-refractivity contribution in [2.24, 2.45) is 23.1 Å². The van der Waals surface area contributed by atoms with Crippen LogP contribution in [0, 0.1) is 5.92 Å². The van der Waals surface area contributed by atoms with Crippen molar-refractivity contribution in [1.29, 1.82) is 0 Å². The highest BCUT2D eigenvalue weighted by Gasteiger charge is 2.25. The smallest absolute Gasteiger partial charge is 0.00687 e. The molecular formula is C8H19N3. The summed E-state index contributed by atoms with van der Waals surface area (Å²) in [5, 5.41) is 0.